The van der Waals surface area contributed by atoms with Gasteiger partial charge in [-0.05, 0) is 56.6 Å². The Labute approximate surface area is 160 Å². The monoisotopic (exact) mass is 475 g/mol. The van der Waals surface area contributed by atoms with Gasteiger partial charge in [0.25, 0.3) is 5.69 Å². The molecule has 1 N–H and O–H groups in total. The predicted octanol–water partition coefficient (Wildman–Crippen LogP) is 4.64. The van der Waals surface area contributed by atoms with Crippen LogP contribution in [0.2, 0.25) is 0 Å². The van der Waals surface area contributed by atoms with Gasteiger partial charge in [-0.3, -0.25) is 19.8 Å². The number of hydrogen-bond donors (Lipinski definition) is 1. The lowest BCUT2D eigenvalue weighted by molar-refractivity contribution is -0.384. The molecule has 0 aliphatic carbocycles. The Balaban J connectivity index is 1.97. The Morgan fingerprint density at radius 3 is 2.62 bits per heavy atom. The number of halogens is 2. The van der Waals surface area contributed by atoms with Gasteiger partial charge in [0.15, 0.2) is 0 Å². The molecule has 2 aromatic rings. The normalized spacial score (nSPS) is 10.8. The van der Waals surface area contributed by atoms with Crippen LogP contribution in [0.15, 0.2) is 38.6 Å². The van der Waals surface area contributed by atoms with E-state index in [9.17, 15) is 14.9 Å². The highest BCUT2D eigenvalue weighted by Gasteiger charge is 2.14. The third-order valence-electron chi connectivity index (χ3n) is 3.26. The van der Waals surface area contributed by atoms with Crippen molar-refractivity contribution in [3.63, 3.8) is 0 Å². The number of non-ortho nitro benzene ring substituents is 1. The molecular formula is C15H15Br2N3O3S. The molecule has 1 aromatic heterocycles. The van der Waals surface area contributed by atoms with Crippen LogP contribution in [0.4, 0.5) is 11.4 Å². The first kappa shape index (κ1) is 19.0. The zero-order valence-corrected chi connectivity index (χ0v) is 16.8. The average Bonchev–Trinajstić information content (AvgIpc) is 2.93. The predicted molar refractivity (Wildman–Crippen MR) is 102 cm³/mol. The van der Waals surface area contributed by atoms with Crippen molar-refractivity contribution in [2.24, 2.45) is 0 Å². The molecule has 0 spiro atoms. The summed E-state index contributed by atoms with van der Waals surface area (Å²) < 4.78 is 1.54. The molecule has 0 atom stereocenters. The van der Waals surface area contributed by atoms with Crippen molar-refractivity contribution in [3.8, 4) is 0 Å². The third-order valence-corrected chi connectivity index (χ3v) is 5.52. The number of nitro benzene ring substituents is 1. The summed E-state index contributed by atoms with van der Waals surface area (Å²) in [5.41, 5.74) is 0.485. The second-order valence-corrected chi connectivity index (χ2v) is 8.38. The number of likely N-dealkylation sites (N-methyl/N-ethyl adjacent to an activating group) is 1. The molecule has 0 aliphatic heterocycles. The Hall–Kier alpha value is -1.29. The molecule has 1 amide bonds. The molecule has 1 heterocycles. The quantitative estimate of drug-likeness (QED) is 0.466. The summed E-state index contributed by atoms with van der Waals surface area (Å²) in [4.78, 5) is 25.7. The van der Waals surface area contributed by atoms with Crippen LogP contribution in [-0.2, 0) is 11.3 Å². The Kier molecular flexibility index (Phi) is 6.90. The number of benzene rings is 1. The van der Waals surface area contributed by atoms with Gasteiger partial charge in [-0.15, -0.1) is 11.3 Å². The maximum absolute atomic E-state index is 12.2. The van der Waals surface area contributed by atoms with Gasteiger partial charge in [0.05, 0.1) is 20.9 Å². The van der Waals surface area contributed by atoms with E-state index in [4.69, 9.17) is 0 Å². The van der Waals surface area contributed by atoms with Crippen LogP contribution in [0.3, 0.4) is 0 Å². The molecule has 128 valence electrons. The van der Waals surface area contributed by atoms with E-state index < -0.39 is 4.92 Å². The number of amides is 1. The lowest BCUT2D eigenvalue weighted by atomic mass is 10.3. The number of anilines is 1. The molecule has 0 unspecified atom stereocenters. The van der Waals surface area contributed by atoms with E-state index in [0.29, 0.717) is 16.7 Å². The van der Waals surface area contributed by atoms with Gasteiger partial charge in [-0.25, -0.2) is 0 Å². The van der Waals surface area contributed by atoms with Gasteiger partial charge in [0.1, 0.15) is 0 Å². The van der Waals surface area contributed by atoms with E-state index in [0.717, 1.165) is 10.3 Å². The number of rotatable bonds is 7. The minimum Gasteiger partial charge on any atom is -0.324 e. The van der Waals surface area contributed by atoms with Crippen molar-refractivity contribution in [1.82, 2.24) is 4.90 Å². The fourth-order valence-corrected chi connectivity index (χ4v) is 4.04. The smallest absolute Gasteiger partial charge is 0.270 e. The first-order valence-electron chi connectivity index (χ1n) is 7.09. The summed E-state index contributed by atoms with van der Waals surface area (Å²) in [5.74, 6) is -0.165. The van der Waals surface area contributed by atoms with Crippen LogP contribution in [0, 0.1) is 10.1 Å². The van der Waals surface area contributed by atoms with Crippen LogP contribution in [0.1, 0.15) is 11.8 Å². The minimum atomic E-state index is -0.478. The molecule has 9 heteroatoms. The van der Waals surface area contributed by atoms with Crippen molar-refractivity contribution in [2.45, 2.75) is 13.5 Å². The highest BCUT2D eigenvalue weighted by molar-refractivity contribution is 9.11. The summed E-state index contributed by atoms with van der Waals surface area (Å²) >= 11 is 8.32. The zero-order valence-electron chi connectivity index (χ0n) is 12.8. The average molecular weight is 477 g/mol. The van der Waals surface area contributed by atoms with Gasteiger partial charge < -0.3 is 5.32 Å². The van der Waals surface area contributed by atoms with Crippen molar-refractivity contribution < 1.29 is 9.72 Å². The van der Waals surface area contributed by atoms with E-state index in [1.165, 1.54) is 23.1 Å². The van der Waals surface area contributed by atoms with Crippen molar-refractivity contribution in [1.29, 1.82) is 0 Å². The molecule has 0 radical (unpaired) electrons. The Bertz CT molecular complexity index is 751. The molecule has 24 heavy (non-hydrogen) atoms. The third kappa shape index (κ3) is 5.37. The number of hydrogen-bond acceptors (Lipinski definition) is 5. The number of nitrogens with one attached hydrogen (secondary N) is 1. The molecule has 0 bridgehead atoms. The summed E-state index contributed by atoms with van der Waals surface area (Å²) in [6, 6.07) is 8.27. The number of nitrogens with zero attached hydrogens (tertiary/aromatic N) is 2. The first-order chi connectivity index (χ1) is 11.4. The van der Waals surface area contributed by atoms with Crippen molar-refractivity contribution in [3.05, 3.63) is 53.6 Å². The lowest BCUT2D eigenvalue weighted by Gasteiger charge is -2.19. The standard InChI is InChI=1S/C15H15Br2N3O3S/c1-2-19(8-11-4-6-14(17)24-11)9-15(21)18-13-5-3-10(20(22)23)7-12(13)16/h3-7H,2,8-9H2,1H3,(H,18,21). The molecule has 0 saturated carbocycles. The molecule has 2 rings (SSSR count). The number of carbonyl (C=O) groups excluding carboxylic acids is 1. The van der Waals surface area contributed by atoms with Gasteiger partial charge in [0.2, 0.25) is 5.91 Å². The van der Waals surface area contributed by atoms with E-state index in [1.54, 1.807) is 11.3 Å². The summed E-state index contributed by atoms with van der Waals surface area (Å²) in [5, 5.41) is 13.5. The molecular weight excluding hydrogens is 462 g/mol. The van der Waals surface area contributed by atoms with Gasteiger partial charge in [-0.2, -0.15) is 0 Å². The van der Waals surface area contributed by atoms with Crippen LogP contribution >= 0.6 is 43.2 Å². The molecule has 1 aromatic carbocycles. The number of carbonyl (C=O) groups is 1. The SMILES string of the molecule is CCN(CC(=O)Nc1ccc([N+](=O)[O-])cc1Br)Cc1ccc(Br)s1. The van der Waals surface area contributed by atoms with Gasteiger partial charge in [-0.1, -0.05) is 6.92 Å². The number of nitro groups is 1. The summed E-state index contributed by atoms with van der Waals surface area (Å²) in [6.45, 7) is 3.68. The van der Waals surface area contributed by atoms with Crippen LogP contribution < -0.4 is 5.32 Å². The summed E-state index contributed by atoms with van der Waals surface area (Å²) in [7, 11) is 0. The van der Waals surface area contributed by atoms with E-state index in [-0.39, 0.29) is 18.1 Å². The molecule has 0 saturated heterocycles. The molecule has 0 fully saturated rings. The summed E-state index contributed by atoms with van der Waals surface area (Å²) in [6.07, 6.45) is 0. The van der Waals surface area contributed by atoms with Crippen LogP contribution in [-0.4, -0.2) is 28.8 Å². The maximum atomic E-state index is 12.2. The van der Waals surface area contributed by atoms with E-state index in [2.05, 4.69) is 37.2 Å². The highest BCUT2D eigenvalue weighted by atomic mass is 79.9. The Morgan fingerprint density at radius 1 is 1.33 bits per heavy atom. The largest absolute Gasteiger partial charge is 0.324 e. The lowest BCUT2D eigenvalue weighted by Crippen LogP contribution is -2.32. The first-order valence-corrected chi connectivity index (χ1v) is 9.49. The van der Waals surface area contributed by atoms with Gasteiger partial charge in [0, 0.05) is 28.0 Å². The maximum Gasteiger partial charge on any atom is 0.270 e. The zero-order chi connectivity index (χ0) is 17.7. The fourth-order valence-electron chi connectivity index (χ4n) is 2.05. The van der Waals surface area contributed by atoms with E-state index in [1.807, 2.05) is 24.0 Å². The minimum absolute atomic E-state index is 0.0293. The van der Waals surface area contributed by atoms with Gasteiger partial charge >= 0.3 is 0 Å². The Morgan fingerprint density at radius 2 is 2.08 bits per heavy atom. The van der Waals surface area contributed by atoms with Crippen LogP contribution in [0.25, 0.3) is 0 Å². The van der Waals surface area contributed by atoms with Crippen molar-refractivity contribution >= 4 is 60.5 Å². The van der Waals surface area contributed by atoms with E-state index >= 15 is 0 Å². The second-order valence-electron chi connectivity index (χ2n) is 4.98. The van der Waals surface area contributed by atoms with Crippen LogP contribution in [0.5, 0.6) is 0 Å². The fraction of sp³-hybridized carbons (Fsp3) is 0.267. The second kappa shape index (κ2) is 8.70. The molecule has 6 nitrogen and oxygen atoms in total. The number of thiophene rings is 1. The topological polar surface area (TPSA) is 75.5 Å². The van der Waals surface area contributed by atoms with Crippen molar-refractivity contribution in [2.75, 3.05) is 18.4 Å². The molecule has 0 aliphatic rings. The highest BCUT2D eigenvalue weighted by Crippen LogP contribution is 2.27.